The Morgan fingerprint density at radius 3 is 2.52 bits per heavy atom. The van der Waals surface area contributed by atoms with Gasteiger partial charge in [0, 0.05) is 26.1 Å². The first-order valence-electron chi connectivity index (χ1n) is 6.92. The topological polar surface area (TPSA) is 79.5 Å². The minimum Gasteiger partial charge on any atom is -0.370 e. The Bertz CT molecular complexity index is 435. The van der Waals surface area contributed by atoms with Gasteiger partial charge in [0.25, 0.3) is 0 Å². The number of aliphatic imine (C=N–C) groups is 1. The average Bonchev–Trinajstić information content (AvgIpc) is 2.44. The Morgan fingerprint density at radius 1 is 1.24 bits per heavy atom. The maximum atomic E-state index is 11.6. The van der Waals surface area contributed by atoms with Crippen LogP contribution in [-0.2, 0) is 11.3 Å². The number of halogens is 1. The minimum atomic E-state index is -0.00184. The van der Waals surface area contributed by atoms with E-state index < -0.39 is 0 Å². The van der Waals surface area contributed by atoms with Crippen LogP contribution in [0.25, 0.3) is 0 Å². The van der Waals surface area contributed by atoms with Crippen molar-refractivity contribution in [3.05, 3.63) is 35.9 Å². The Kier molecular flexibility index (Phi) is 10.7. The van der Waals surface area contributed by atoms with Gasteiger partial charge in [-0.2, -0.15) is 0 Å². The van der Waals surface area contributed by atoms with Gasteiger partial charge >= 0.3 is 0 Å². The van der Waals surface area contributed by atoms with Gasteiger partial charge in [-0.3, -0.25) is 9.79 Å². The van der Waals surface area contributed by atoms with Crippen LogP contribution >= 0.6 is 24.0 Å². The molecule has 5 nitrogen and oxygen atoms in total. The van der Waals surface area contributed by atoms with Crippen LogP contribution in [0.3, 0.4) is 0 Å². The summed E-state index contributed by atoms with van der Waals surface area (Å²) in [6.07, 6.45) is 0.380. The van der Waals surface area contributed by atoms with Gasteiger partial charge in [-0.05, 0) is 11.5 Å². The molecule has 6 heteroatoms. The highest BCUT2D eigenvalue weighted by molar-refractivity contribution is 14.0. The lowest BCUT2D eigenvalue weighted by molar-refractivity contribution is -0.121. The van der Waals surface area contributed by atoms with Crippen LogP contribution < -0.4 is 16.4 Å². The normalized spacial score (nSPS) is 10.9. The van der Waals surface area contributed by atoms with Crippen LogP contribution in [-0.4, -0.2) is 25.0 Å². The molecule has 1 aromatic rings. The highest BCUT2D eigenvalue weighted by Crippen LogP contribution is 1.97. The number of hydrogen-bond acceptors (Lipinski definition) is 2. The van der Waals surface area contributed by atoms with E-state index in [0.29, 0.717) is 37.9 Å². The molecule has 0 bridgehead atoms. The van der Waals surface area contributed by atoms with E-state index in [-0.39, 0.29) is 29.9 Å². The molecule has 0 aliphatic carbocycles. The van der Waals surface area contributed by atoms with E-state index in [4.69, 9.17) is 5.73 Å². The highest BCUT2D eigenvalue weighted by atomic mass is 127. The summed E-state index contributed by atoms with van der Waals surface area (Å²) < 4.78 is 0. The second kappa shape index (κ2) is 11.4. The molecule has 0 aliphatic rings. The fraction of sp³-hybridized carbons (Fsp3) is 0.467. The molecule has 0 aromatic heterocycles. The van der Waals surface area contributed by atoms with Crippen LogP contribution in [0.4, 0.5) is 0 Å². The van der Waals surface area contributed by atoms with Crippen molar-refractivity contribution in [1.82, 2.24) is 10.6 Å². The molecule has 0 radical (unpaired) electrons. The Morgan fingerprint density at radius 2 is 1.90 bits per heavy atom. The molecule has 1 rings (SSSR count). The summed E-state index contributed by atoms with van der Waals surface area (Å²) in [6.45, 7) is 5.89. The van der Waals surface area contributed by atoms with Crippen molar-refractivity contribution in [3.8, 4) is 0 Å². The van der Waals surface area contributed by atoms with Gasteiger partial charge in [-0.25, -0.2) is 0 Å². The van der Waals surface area contributed by atoms with Gasteiger partial charge in [0.2, 0.25) is 5.91 Å². The van der Waals surface area contributed by atoms with E-state index >= 15 is 0 Å². The van der Waals surface area contributed by atoms with Gasteiger partial charge in [0.15, 0.2) is 5.96 Å². The zero-order chi connectivity index (χ0) is 14.8. The van der Waals surface area contributed by atoms with Crippen LogP contribution in [0.1, 0.15) is 25.8 Å². The molecule has 4 N–H and O–H groups in total. The number of amides is 1. The third-order valence-corrected chi connectivity index (χ3v) is 2.62. The number of carbonyl (C=O) groups is 1. The number of hydrogen-bond donors (Lipinski definition) is 3. The molecule has 1 amide bonds. The predicted molar refractivity (Wildman–Crippen MR) is 97.7 cm³/mol. The molecule has 21 heavy (non-hydrogen) atoms. The molecule has 1 aromatic carbocycles. The molecule has 0 saturated heterocycles. The van der Waals surface area contributed by atoms with Crippen molar-refractivity contribution in [2.75, 3.05) is 13.1 Å². The van der Waals surface area contributed by atoms with E-state index in [1.165, 1.54) is 0 Å². The van der Waals surface area contributed by atoms with Crippen LogP contribution in [0.2, 0.25) is 0 Å². The maximum absolute atomic E-state index is 11.6. The number of rotatable bonds is 7. The average molecular weight is 404 g/mol. The second-order valence-corrected chi connectivity index (χ2v) is 5.06. The summed E-state index contributed by atoms with van der Waals surface area (Å²) in [5.41, 5.74) is 6.77. The summed E-state index contributed by atoms with van der Waals surface area (Å²) in [6, 6.07) is 9.82. The number of carbonyl (C=O) groups excluding carboxylic acids is 1. The minimum absolute atomic E-state index is 0. The third-order valence-electron chi connectivity index (χ3n) is 2.62. The summed E-state index contributed by atoms with van der Waals surface area (Å²) in [5, 5.41) is 5.80. The summed E-state index contributed by atoms with van der Waals surface area (Å²) in [5.74, 6) is 0.872. The molecule has 0 unspecified atom stereocenters. The molecule has 0 saturated carbocycles. The zero-order valence-electron chi connectivity index (χ0n) is 12.6. The van der Waals surface area contributed by atoms with Crippen LogP contribution in [0.15, 0.2) is 35.3 Å². The van der Waals surface area contributed by atoms with Crippen LogP contribution in [0.5, 0.6) is 0 Å². The first-order chi connectivity index (χ1) is 9.58. The quantitative estimate of drug-likeness (QED) is 0.369. The first-order valence-corrected chi connectivity index (χ1v) is 6.92. The fourth-order valence-electron chi connectivity index (χ4n) is 1.53. The first kappa shape index (κ1) is 19.7. The zero-order valence-corrected chi connectivity index (χ0v) is 15.0. The Hall–Kier alpha value is -1.31. The molecular formula is C15H25IN4O. The second-order valence-electron chi connectivity index (χ2n) is 5.06. The number of nitrogens with zero attached hydrogens (tertiary/aromatic N) is 1. The molecule has 0 atom stereocenters. The summed E-state index contributed by atoms with van der Waals surface area (Å²) in [7, 11) is 0. The van der Waals surface area contributed by atoms with Gasteiger partial charge < -0.3 is 16.4 Å². The fourth-order valence-corrected chi connectivity index (χ4v) is 1.53. The lowest BCUT2D eigenvalue weighted by atomic mass is 10.2. The van der Waals surface area contributed by atoms with E-state index in [1.807, 2.05) is 30.3 Å². The maximum Gasteiger partial charge on any atom is 0.222 e. The Balaban J connectivity index is 0.00000400. The number of nitrogens with two attached hydrogens (primary N) is 1. The summed E-state index contributed by atoms with van der Waals surface area (Å²) >= 11 is 0. The number of guanidine groups is 1. The lowest BCUT2D eigenvalue weighted by Gasteiger charge is -2.07. The van der Waals surface area contributed by atoms with Crippen molar-refractivity contribution in [3.63, 3.8) is 0 Å². The van der Waals surface area contributed by atoms with Gasteiger partial charge in [-0.15, -0.1) is 24.0 Å². The van der Waals surface area contributed by atoms with Crippen molar-refractivity contribution < 1.29 is 4.79 Å². The van der Waals surface area contributed by atoms with Crippen LogP contribution in [0, 0.1) is 5.92 Å². The predicted octanol–water partition coefficient (Wildman–Crippen LogP) is 1.87. The highest BCUT2D eigenvalue weighted by Gasteiger charge is 2.01. The molecule has 118 valence electrons. The van der Waals surface area contributed by atoms with Crippen molar-refractivity contribution >= 4 is 35.8 Å². The van der Waals surface area contributed by atoms with Gasteiger partial charge in [0.05, 0.1) is 0 Å². The number of nitrogens with one attached hydrogen (secondary N) is 2. The van der Waals surface area contributed by atoms with Crippen molar-refractivity contribution in [2.45, 2.75) is 26.8 Å². The van der Waals surface area contributed by atoms with Gasteiger partial charge in [0.1, 0.15) is 0 Å². The summed E-state index contributed by atoms with van der Waals surface area (Å²) in [4.78, 5) is 15.8. The molecule has 0 heterocycles. The standard InChI is InChI=1S/C15H24N4O.HI/c1-12(2)10-19-15(16)17-9-8-14(20)18-11-13-6-4-3-5-7-13;/h3-7,12H,8-11H2,1-2H3,(H,18,20)(H3,16,17,19);1H. The largest absolute Gasteiger partial charge is 0.370 e. The van der Waals surface area contributed by atoms with Crippen molar-refractivity contribution in [1.29, 1.82) is 0 Å². The molecule has 0 fully saturated rings. The third kappa shape index (κ3) is 10.1. The SMILES string of the molecule is CC(C)CN=C(N)NCCC(=O)NCc1ccccc1.I. The Labute approximate surface area is 143 Å². The molecular weight excluding hydrogens is 379 g/mol. The van der Waals surface area contributed by atoms with E-state index in [0.717, 1.165) is 5.56 Å². The van der Waals surface area contributed by atoms with E-state index in [1.54, 1.807) is 0 Å². The van der Waals surface area contributed by atoms with E-state index in [9.17, 15) is 4.79 Å². The number of benzene rings is 1. The lowest BCUT2D eigenvalue weighted by Crippen LogP contribution is -2.35. The van der Waals surface area contributed by atoms with E-state index in [2.05, 4.69) is 29.5 Å². The van der Waals surface area contributed by atoms with Crippen molar-refractivity contribution in [2.24, 2.45) is 16.6 Å². The monoisotopic (exact) mass is 404 g/mol. The molecule has 0 spiro atoms. The smallest absolute Gasteiger partial charge is 0.222 e. The molecule has 0 aliphatic heterocycles. The van der Waals surface area contributed by atoms with Gasteiger partial charge in [-0.1, -0.05) is 44.2 Å².